The van der Waals surface area contributed by atoms with Crippen LogP contribution in [0.4, 0.5) is 30.2 Å². The van der Waals surface area contributed by atoms with Gasteiger partial charge in [-0.2, -0.15) is 13.2 Å². The lowest BCUT2D eigenvalue weighted by Crippen LogP contribution is -2.10. The summed E-state index contributed by atoms with van der Waals surface area (Å²) < 4.78 is 39.1. The molecular weight excluding hydrogens is 265 g/mol. The third kappa shape index (κ3) is 3.04. The minimum atomic E-state index is -4.45. The topological polar surface area (TPSA) is 38.0 Å². The van der Waals surface area contributed by atoms with Crippen molar-refractivity contribution in [2.75, 3.05) is 11.1 Å². The van der Waals surface area contributed by atoms with Crippen LogP contribution in [-0.2, 0) is 12.6 Å². The molecule has 5 heteroatoms. The van der Waals surface area contributed by atoms with Crippen molar-refractivity contribution < 1.29 is 13.2 Å². The van der Waals surface area contributed by atoms with Gasteiger partial charge in [0.1, 0.15) is 0 Å². The highest BCUT2D eigenvalue weighted by atomic mass is 19.4. The van der Waals surface area contributed by atoms with Gasteiger partial charge in [0.05, 0.1) is 11.3 Å². The van der Waals surface area contributed by atoms with Crippen LogP contribution < -0.4 is 11.1 Å². The summed E-state index contributed by atoms with van der Waals surface area (Å²) in [4.78, 5) is 0. The van der Waals surface area contributed by atoms with Crippen LogP contribution in [0.15, 0.2) is 42.5 Å². The molecule has 0 unspecified atom stereocenters. The van der Waals surface area contributed by atoms with Gasteiger partial charge in [-0.15, -0.1) is 0 Å². The summed E-state index contributed by atoms with van der Waals surface area (Å²) in [6, 6.07) is 11.0. The quantitative estimate of drug-likeness (QED) is 0.807. The maximum Gasteiger partial charge on any atom is 0.418 e. The van der Waals surface area contributed by atoms with Crippen molar-refractivity contribution in [3.8, 4) is 0 Å². The van der Waals surface area contributed by atoms with Gasteiger partial charge >= 0.3 is 6.18 Å². The van der Waals surface area contributed by atoms with Gasteiger partial charge in [0.2, 0.25) is 0 Å². The van der Waals surface area contributed by atoms with Gasteiger partial charge in [-0.1, -0.05) is 25.1 Å². The van der Waals surface area contributed by atoms with Crippen molar-refractivity contribution >= 4 is 17.1 Å². The van der Waals surface area contributed by atoms with E-state index in [1.54, 1.807) is 12.1 Å². The number of aryl methyl sites for hydroxylation is 1. The lowest BCUT2D eigenvalue weighted by Gasteiger charge is -2.17. The van der Waals surface area contributed by atoms with Crippen molar-refractivity contribution in [2.45, 2.75) is 19.5 Å². The normalized spacial score (nSPS) is 11.4. The van der Waals surface area contributed by atoms with Gasteiger partial charge in [-0.3, -0.25) is 0 Å². The highest BCUT2D eigenvalue weighted by Gasteiger charge is 2.33. The maximum atomic E-state index is 13.0. The Hall–Kier alpha value is -2.17. The summed E-state index contributed by atoms with van der Waals surface area (Å²) in [6.45, 7) is 1.95. The molecule has 0 heterocycles. The first-order valence-electron chi connectivity index (χ1n) is 6.23. The summed E-state index contributed by atoms with van der Waals surface area (Å²) in [5.74, 6) is 0. The first kappa shape index (κ1) is 14.2. The molecule has 0 aliphatic rings. The second-order valence-electron chi connectivity index (χ2n) is 4.44. The monoisotopic (exact) mass is 280 g/mol. The Morgan fingerprint density at radius 2 is 1.75 bits per heavy atom. The maximum absolute atomic E-state index is 13.0. The molecule has 0 aromatic heterocycles. The van der Waals surface area contributed by atoms with Gasteiger partial charge in [0.25, 0.3) is 0 Å². The molecule has 3 N–H and O–H groups in total. The number of para-hydroxylation sites is 1. The minimum absolute atomic E-state index is 0.00704. The van der Waals surface area contributed by atoms with Crippen LogP contribution in [0.5, 0.6) is 0 Å². The van der Waals surface area contributed by atoms with E-state index in [1.165, 1.54) is 12.1 Å². The van der Waals surface area contributed by atoms with Crippen LogP contribution in [-0.4, -0.2) is 0 Å². The van der Waals surface area contributed by atoms with E-state index in [0.717, 1.165) is 18.1 Å². The number of anilines is 3. The fourth-order valence-corrected chi connectivity index (χ4v) is 2.00. The van der Waals surface area contributed by atoms with E-state index in [0.29, 0.717) is 5.69 Å². The van der Waals surface area contributed by atoms with Crippen LogP contribution in [0.2, 0.25) is 0 Å². The number of alkyl halides is 3. The average molecular weight is 280 g/mol. The largest absolute Gasteiger partial charge is 0.418 e. The number of benzene rings is 2. The summed E-state index contributed by atoms with van der Waals surface area (Å²) in [7, 11) is 0. The van der Waals surface area contributed by atoms with E-state index >= 15 is 0 Å². The summed E-state index contributed by atoms with van der Waals surface area (Å²) >= 11 is 0. The van der Waals surface area contributed by atoms with Gasteiger partial charge in [-0.05, 0) is 36.2 Å². The molecule has 2 nitrogen and oxygen atoms in total. The number of rotatable bonds is 3. The van der Waals surface area contributed by atoms with Crippen LogP contribution in [0.3, 0.4) is 0 Å². The SMILES string of the molecule is CCc1ccccc1Nc1ccc(N)cc1C(F)(F)F. The molecule has 2 rings (SSSR count). The predicted molar refractivity (Wildman–Crippen MR) is 75.0 cm³/mol. The van der Waals surface area contributed by atoms with E-state index in [9.17, 15) is 13.2 Å². The standard InChI is InChI=1S/C15H15F3N2/c1-2-10-5-3-4-6-13(10)20-14-8-7-11(19)9-12(14)15(16,17)18/h3-9,20H,2,19H2,1H3. The number of nitrogens with one attached hydrogen (secondary N) is 1. The highest BCUT2D eigenvalue weighted by molar-refractivity contribution is 5.68. The molecule has 0 aliphatic heterocycles. The molecule has 2 aromatic rings. The molecular formula is C15H15F3N2. The van der Waals surface area contributed by atoms with Gasteiger partial charge in [0, 0.05) is 11.4 Å². The summed E-state index contributed by atoms with van der Waals surface area (Å²) in [6.07, 6.45) is -3.71. The molecule has 0 fully saturated rings. The third-order valence-corrected chi connectivity index (χ3v) is 3.02. The minimum Gasteiger partial charge on any atom is -0.399 e. The molecule has 20 heavy (non-hydrogen) atoms. The number of nitrogen functional groups attached to an aromatic ring is 1. The second-order valence-corrected chi connectivity index (χ2v) is 4.44. The average Bonchev–Trinajstić information content (AvgIpc) is 2.40. The molecule has 0 atom stereocenters. The van der Waals surface area contributed by atoms with E-state index in [2.05, 4.69) is 5.32 Å². The summed E-state index contributed by atoms with van der Waals surface area (Å²) in [5, 5.41) is 2.85. The molecule has 2 aromatic carbocycles. The third-order valence-electron chi connectivity index (χ3n) is 3.02. The zero-order chi connectivity index (χ0) is 14.8. The lowest BCUT2D eigenvalue weighted by atomic mass is 10.1. The van der Waals surface area contributed by atoms with Gasteiger partial charge in [-0.25, -0.2) is 0 Å². The van der Waals surface area contributed by atoms with Crippen molar-refractivity contribution in [1.29, 1.82) is 0 Å². The molecule has 0 amide bonds. The van der Waals surface area contributed by atoms with Crippen LogP contribution in [0.25, 0.3) is 0 Å². The Morgan fingerprint density at radius 3 is 2.40 bits per heavy atom. The summed E-state index contributed by atoms with van der Waals surface area (Å²) in [5.41, 5.74) is 6.41. The lowest BCUT2D eigenvalue weighted by molar-refractivity contribution is -0.136. The first-order chi connectivity index (χ1) is 9.41. The molecule has 0 radical (unpaired) electrons. The van der Waals surface area contributed by atoms with Crippen LogP contribution in [0, 0.1) is 0 Å². The van der Waals surface area contributed by atoms with Gasteiger partial charge < -0.3 is 11.1 Å². The van der Waals surface area contributed by atoms with Crippen molar-refractivity contribution in [1.82, 2.24) is 0 Å². The van der Waals surface area contributed by atoms with Crippen molar-refractivity contribution in [2.24, 2.45) is 0 Å². The predicted octanol–water partition coefficient (Wildman–Crippen LogP) is 4.59. The first-order valence-corrected chi connectivity index (χ1v) is 6.23. The molecule has 0 saturated carbocycles. The number of halogens is 3. The number of hydrogen-bond acceptors (Lipinski definition) is 2. The smallest absolute Gasteiger partial charge is 0.399 e. The molecule has 0 aliphatic carbocycles. The van der Waals surface area contributed by atoms with E-state index in [1.807, 2.05) is 19.1 Å². The molecule has 0 bridgehead atoms. The Bertz CT molecular complexity index is 606. The Balaban J connectivity index is 2.44. The molecule has 0 spiro atoms. The molecule has 0 saturated heterocycles. The van der Waals surface area contributed by atoms with Gasteiger partial charge in [0.15, 0.2) is 0 Å². The Morgan fingerprint density at radius 1 is 1.05 bits per heavy atom. The van der Waals surface area contributed by atoms with E-state index in [-0.39, 0.29) is 11.4 Å². The fourth-order valence-electron chi connectivity index (χ4n) is 2.00. The Labute approximate surface area is 115 Å². The van der Waals surface area contributed by atoms with E-state index in [4.69, 9.17) is 5.73 Å². The second kappa shape index (κ2) is 5.45. The zero-order valence-electron chi connectivity index (χ0n) is 11.0. The number of nitrogens with two attached hydrogens (primary N) is 1. The number of hydrogen-bond donors (Lipinski definition) is 2. The van der Waals surface area contributed by atoms with Crippen molar-refractivity contribution in [3.05, 3.63) is 53.6 Å². The Kier molecular flexibility index (Phi) is 3.88. The fraction of sp³-hybridized carbons (Fsp3) is 0.200. The van der Waals surface area contributed by atoms with E-state index < -0.39 is 11.7 Å². The zero-order valence-corrected chi connectivity index (χ0v) is 11.0. The highest BCUT2D eigenvalue weighted by Crippen LogP contribution is 2.37. The molecule has 106 valence electrons. The van der Waals surface area contributed by atoms with Crippen LogP contribution >= 0.6 is 0 Å². The van der Waals surface area contributed by atoms with Crippen molar-refractivity contribution in [3.63, 3.8) is 0 Å². The van der Waals surface area contributed by atoms with Crippen LogP contribution in [0.1, 0.15) is 18.1 Å².